The van der Waals surface area contributed by atoms with E-state index in [9.17, 15) is 5.11 Å². The lowest BCUT2D eigenvalue weighted by molar-refractivity contribution is -0.0898. The van der Waals surface area contributed by atoms with Crippen molar-refractivity contribution in [2.24, 2.45) is 0 Å². The first kappa shape index (κ1) is 10.4. The van der Waals surface area contributed by atoms with Crippen LogP contribution in [0.2, 0.25) is 0 Å². The van der Waals surface area contributed by atoms with Crippen LogP contribution in [0.5, 0.6) is 0 Å². The first-order valence-electron chi connectivity index (χ1n) is 3.71. The van der Waals surface area contributed by atoms with Gasteiger partial charge in [0, 0.05) is 7.11 Å². The van der Waals surface area contributed by atoms with Gasteiger partial charge in [-0.15, -0.1) is 0 Å². The lowest BCUT2D eigenvalue weighted by Gasteiger charge is -2.30. The predicted octanol–water partition coefficient (Wildman–Crippen LogP) is 1.08. The molecule has 1 N–H and O–H groups in total. The molecule has 11 heavy (non-hydrogen) atoms. The third kappa shape index (κ3) is 2.49. The Morgan fingerprint density at radius 1 is 1.73 bits per heavy atom. The van der Waals surface area contributed by atoms with E-state index in [1.54, 1.807) is 14.0 Å². The highest BCUT2D eigenvalue weighted by Gasteiger charge is 2.30. The molecule has 0 heterocycles. The van der Waals surface area contributed by atoms with Crippen LogP contribution in [0, 0.1) is 11.3 Å². The van der Waals surface area contributed by atoms with Gasteiger partial charge in [0.15, 0.2) is 0 Å². The van der Waals surface area contributed by atoms with Crippen molar-refractivity contribution >= 4 is 0 Å². The highest BCUT2D eigenvalue weighted by Crippen LogP contribution is 2.20. The van der Waals surface area contributed by atoms with Crippen LogP contribution in [0.25, 0.3) is 0 Å². The van der Waals surface area contributed by atoms with Crippen LogP contribution < -0.4 is 0 Å². The Balaban J connectivity index is 4.14. The fraction of sp³-hybridized carbons (Fsp3) is 0.875. The number of nitriles is 1. The minimum Gasteiger partial charge on any atom is -0.389 e. The smallest absolute Gasteiger partial charge is 0.0956 e. The molecule has 0 radical (unpaired) electrons. The van der Waals surface area contributed by atoms with Crippen molar-refractivity contribution < 1.29 is 9.84 Å². The lowest BCUT2D eigenvalue weighted by atomic mass is 9.94. The summed E-state index contributed by atoms with van der Waals surface area (Å²) >= 11 is 0. The number of ether oxygens (including phenoxy) is 1. The molecule has 0 aliphatic rings. The molecule has 0 saturated heterocycles. The summed E-state index contributed by atoms with van der Waals surface area (Å²) in [5, 5.41) is 17.7. The van der Waals surface area contributed by atoms with Gasteiger partial charge < -0.3 is 9.84 Å². The summed E-state index contributed by atoms with van der Waals surface area (Å²) < 4.78 is 5.10. The van der Waals surface area contributed by atoms with Gasteiger partial charge in [-0.3, -0.25) is 0 Å². The Labute approximate surface area is 67.6 Å². The van der Waals surface area contributed by atoms with Crippen LogP contribution >= 0.6 is 0 Å². The van der Waals surface area contributed by atoms with E-state index in [0.29, 0.717) is 6.42 Å². The summed E-state index contributed by atoms with van der Waals surface area (Å²) in [7, 11) is 1.55. The molecule has 0 aromatic rings. The Hall–Kier alpha value is -0.590. The molecule has 0 aliphatic carbocycles. The summed E-state index contributed by atoms with van der Waals surface area (Å²) in [5.74, 6) is 0. The third-order valence-corrected chi connectivity index (χ3v) is 2.16. The van der Waals surface area contributed by atoms with E-state index in [-0.39, 0.29) is 6.42 Å². The zero-order valence-corrected chi connectivity index (χ0v) is 7.29. The Kier molecular flexibility index (Phi) is 4.09. The zero-order chi connectivity index (χ0) is 8.91. The zero-order valence-electron chi connectivity index (χ0n) is 7.29. The first-order chi connectivity index (χ1) is 5.10. The van der Waals surface area contributed by atoms with Crippen molar-refractivity contribution in [3.8, 4) is 6.07 Å². The van der Waals surface area contributed by atoms with Crippen LogP contribution in [0.3, 0.4) is 0 Å². The number of methoxy groups -OCH3 is 1. The standard InChI is InChI=1S/C8H15NO2/c1-4-8(2,11-3)7(10)5-6-9/h7,10H,4-5H2,1-3H3. The molecule has 64 valence electrons. The van der Waals surface area contributed by atoms with Gasteiger partial charge in [-0.05, 0) is 13.3 Å². The molecule has 0 saturated carbocycles. The molecule has 0 bridgehead atoms. The number of rotatable bonds is 4. The second-order valence-electron chi connectivity index (χ2n) is 2.75. The van der Waals surface area contributed by atoms with Crippen LogP contribution in [0.15, 0.2) is 0 Å². The molecule has 2 atom stereocenters. The fourth-order valence-electron chi connectivity index (χ4n) is 0.818. The van der Waals surface area contributed by atoms with Crippen molar-refractivity contribution in [1.29, 1.82) is 5.26 Å². The van der Waals surface area contributed by atoms with Gasteiger partial charge in [0.2, 0.25) is 0 Å². The molecular weight excluding hydrogens is 142 g/mol. The van der Waals surface area contributed by atoms with E-state index >= 15 is 0 Å². The summed E-state index contributed by atoms with van der Waals surface area (Å²) in [5.41, 5.74) is -0.574. The highest BCUT2D eigenvalue weighted by atomic mass is 16.5. The van der Waals surface area contributed by atoms with Crippen molar-refractivity contribution in [2.75, 3.05) is 7.11 Å². The van der Waals surface area contributed by atoms with Gasteiger partial charge in [0.25, 0.3) is 0 Å². The molecule has 0 fully saturated rings. The van der Waals surface area contributed by atoms with Crippen molar-refractivity contribution in [3.63, 3.8) is 0 Å². The Morgan fingerprint density at radius 2 is 2.27 bits per heavy atom. The number of nitrogens with zero attached hydrogens (tertiary/aromatic N) is 1. The van der Waals surface area contributed by atoms with Crippen molar-refractivity contribution in [2.45, 2.75) is 38.4 Å². The predicted molar refractivity (Wildman–Crippen MR) is 41.9 cm³/mol. The molecule has 2 unspecified atom stereocenters. The van der Waals surface area contributed by atoms with Crippen LogP contribution in [0.1, 0.15) is 26.7 Å². The number of hydrogen-bond donors (Lipinski definition) is 1. The summed E-state index contributed by atoms with van der Waals surface area (Å²) in [6.45, 7) is 3.72. The van der Waals surface area contributed by atoms with Gasteiger partial charge in [0.1, 0.15) is 0 Å². The first-order valence-corrected chi connectivity index (χ1v) is 3.71. The SMILES string of the molecule is CCC(C)(OC)C(O)CC#N. The van der Waals surface area contributed by atoms with E-state index < -0.39 is 11.7 Å². The van der Waals surface area contributed by atoms with E-state index in [0.717, 1.165) is 0 Å². The second-order valence-corrected chi connectivity index (χ2v) is 2.75. The van der Waals surface area contributed by atoms with Gasteiger partial charge >= 0.3 is 0 Å². The monoisotopic (exact) mass is 157 g/mol. The fourth-order valence-corrected chi connectivity index (χ4v) is 0.818. The summed E-state index contributed by atoms with van der Waals surface area (Å²) in [6.07, 6.45) is 0.132. The van der Waals surface area contributed by atoms with Crippen LogP contribution in [0.4, 0.5) is 0 Å². The summed E-state index contributed by atoms with van der Waals surface area (Å²) in [4.78, 5) is 0. The van der Waals surface area contributed by atoms with Gasteiger partial charge in [-0.2, -0.15) is 5.26 Å². The molecule has 0 spiro atoms. The lowest BCUT2D eigenvalue weighted by Crippen LogP contribution is -2.40. The molecule has 0 aromatic heterocycles. The average molecular weight is 157 g/mol. The maximum Gasteiger partial charge on any atom is 0.0956 e. The second kappa shape index (κ2) is 4.32. The number of aliphatic hydroxyl groups is 1. The average Bonchev–Trinajstić information content (AvgIpc) is 2.03. The molecule has 3 nitrogen and oxygen atoms in total. The van der Waals surface area contributed by atoms with Gasteiger partial charge in [0.05, 0.1) is 24.2 Å². The summed E-state index contributed by atoms with van der Waals surface area (Å²) in [6, 6.07) is 1.91. The molecule has 0 rings (SSSR count). The normalized spacial score (nSPS) is 18.5. The molecule has 0 aromatic carbocycles. The van der Waals surface area contributed by atoms with E-state index in [2.05, 4.69) is 0 Å². The largest absolute Gasteiger partial charge is 0.389 e. The van der Waals surface area contributed by atoms with E-state index in [4.69, 9.17) is 10.00 Å². The van der Waals surface area contributed by atoms with Crippen LogP contribution in [-0.2, 0) is 4.74 Å². The quantitative estimate of drug-likeness (QED) is 0.664. The molecule has 3 heteroatoms. The van der Waals surface area contributed by atoms with E-state index in [1.165, 1.54) is 0 Å². The Morgan fingerprint density at radius 3 is 2.55 bits per heavy atom. The van der Waals surface area contributed by atoms with Crippen LogP contribution in [-0.4, -0.2) is 23.9 Å². The molecule has 0 amide bonds. The minimum atomic E-state index is -0.692. The van der Waals surface area contributed by atoms with E-state index in [1.807, 2.05) is 13.0 Å². The topological polar surface area (TPSA) is 53.2 Å². The van der Waals surface area contributed by atoms with Gasteiger partial charge in [-0.25, -0.2) is 0 Å². The number of hydrogen-bond acceptors (Lipinski definition) is 3. The maximum atomic E-state index is 9.42. The maximum absolute atomic E-state index is 9.42. The third-order valence-electron chi connectivity index (χ3n) is 2.16. The van der Waals surface area contributed by atoms with Crippen molar-refractivity contribution in [3.05, 3.63) is 0 Å². The number of aliphatic hydroxyl groups excluding tert-OH is 1. The Bertz CT molecular complexity index is 147. The molecule has 0 aliphatic heterocycles. The minimum absolute atomic E-state index is 0.123. The molecular formula is C8H15NO2. The van der Waals surface area contributed by atoms with Crippen molar-refractivity contribution in [1.82, 2.24) is 0 Å². The van der Waals surface area contributed by atoms with Gasteiger partial charge in [-0.1, -0.05) is 6.92 Å². The highest BCUT2D eigenvalue weighted by molar-refractivity contribution is 4.88.